The monoisotopic (exact) mass is 354 g/mol. The van der Waals surface area contributed by atoms with Crippen LogP contribution in [0.3, 0.4) is 0 Å². The van der Waals surface area contributed by atoms with Gasteiger partial charge in [0.15, 0.2) is 0 Å². The number of nitrogens with zero attached hydrogens (tertiary/aromatic N) is 3. The predicted molar refractivity (Wildman–Crippen MR) is 98.4 cm³/mol. The third-order valence-electron chi connectivity index (χ3n) is 4.36. The van der Waals surface area contributed by atoms with Crippen LogP contribution in [0.5, 0.6) is 0 Å². The van der Waals surface area contributed by atoms with Crippen LogP contribution in [-0.4, -0.2) is 42.0 Å². The molecule has 7 heteroatoms. The molecule has 1 aromatic carbocycles. The SMILES string of the molecule is COC(=O)c1cccc(NC(=O)c2cc(N3CCCCCC3)ncn2)c1. The molecule has 1 saturated heterocycles. The second-order valence-corrected chi connectivity index (χ2v) is 6.19. The number of carbonyl (C=O) groups is 2. The van der Waals surface area contributed by atoms with Crippen molar-refractivity contribution >= 4 is 23.4 Å². The van der Waals surface area contributed by atoms with Gasteiger partial charge in [0.05, 0.1) is 12.7 Å². The van der Waals surface area contributed by atoms with E-state index in [-0.39, 0.29) is 5.91 Å². The Kier molecular flexibility index (Phi) is 5.78. The molecule has 0 spiro atoms. The summed E-state index contributed by atoms with van der Waals surface area (Å²) in [6, 6.07) is 8.31. The number of anilines is 2. The molecule has 1 N–H and O–H groups in total. The summed E-state index contributed by atoms with van der Waals surface area (Å²) in [6.07, 6.45) is 6.13. The van der Waals surface area contributed by atoms with Crippen molar-refractivity contribution in [3.63, 3.8) is 0 Å². The highest BCUT2D eigenvalue weighted by Gasteiger charge is 2.15. The van der Waals surface area contributed by atoms with Crippen molar-refractivity contribution in [2.45, 2.75) is 25.7 Å². The minimum Gasteiger partial charge on any atom is -0.465 e. The Morgan fingerprint density at radius 2 is 1.85 bits per heavy atom. The van der Waals surface area contributed by atoms with Crippen LogP contribution in [0.2, 0.25) is 0 Å². The fraction of sp³-hybridized carbons (Fsp3) is 0.368. The van der Waals surface area contributed by atoms with E-state index in [0.717, 1.165) is 31.7 Å². The number of aromatic nitrogens is 2. The quantitative estimate of drug-likeness (QED) is 0.850. The van der Waals surface area contributed by atoms with E-state index < -0.39 is 5.97 Å². The van der Waals surface area contributed by atoms with Gasteiger partial charge in [0.2, 0.25) is 0 Å². The maximum absolute atomic E-state index is 12.5. The van der Waals surface area contributed by atoms with Crippen LogP contribution in [0.1, 0.15) is 46.5 Å². The summed E-state index contributed by atoms with van der Waals surface area (Å²) in [5.74, 6) is -0.0209. The fourth-order valence-corrected chi connectivity index (χ4v) is 2.98. The minimum absolute atomic E-state index is 0.294. The van der Waals surface area contributed by atoms with Crippen LogP contribution in [0, 0.1) is 0 Å². The number of ether oxygens (including phenoxy) is 1. The van der Waals surface area contributed by atoms with E-state index in [1.807, 2.05) is 0 Å². The Hall–Kier alpha value is -2.96. The lowest BCUT2D eigenvalue weighted by Gasteiger charge is -2.21. The summed E-state index contributed by atoms with van der Waals surface area (Å²) < 4.78 is 4.70. The van der Waals surface area contributed by atoms with Crippen LogP contribution in [0.25, 0.3) is 0 Å². The topological polar surface area (TPSA) is 84.4 Å². The van der Waals surface area contributed by atoms with E-state index in [4.69, 9.17) is 4.74 Å². The molecule has 2 aromatic rings. The summed E-state index contributed by atoms with van der Waals surface area (Å²) in [5.41, 5.74) is 1.17. The minimum atomic E-state index is -0.452. The van der Waals surface area contributed by atoms with Gasteiger partial charge in [-0.2, -0.15) is 0 Å². The van der Waals surface area contributed by atoms with E-state index in [1.165, 1.54) is 26.3 Å². The first-order chi connectivity index (χ1) is 12.7. The molecule has 1 aliphatic heterocycles. The smallest absolute Gasteiger partial charge is 0.337 e. The maximum atomic E-state index is 12.5. The Morgan fingerprint density at radius 3 is 2.58 bits per heavy atom. The third-order valence-corrected chi connectivity index (χ3v) is 4.36. The largest absolute Gasteiger partial charge is 0.465 e. The number of hydrogen-bond donors (Lipinski definition) is 1. The lowest BCUT2D eigenvalue weighted by atomic mass is 10.2. The van der Waals surface area contributed by atoms with E-state index in [1.54, 1.807) is 30.3 Å². The van der Waals surface area contributed by atoms with E-state index in [0.29, 0.717) is 16.9 Å². The first-order valence-corrected chi connectivity index (χ1v) is 8.74. The Balaban J connectivity index is 1.74. The molecule has 26 heavy (non-hydrogen) atoms. The molecule has 1 amide bonds. The Bertz CT molecular complexity index is 786. The van der Waals surface area contributed by atoms with Crippen molar-refractivity contribution in [3.05, 3.63) is 47.9 Å². The van der Waals surface area contributed by atoms with Crippen molar-refractivity contribution in [1.29, 1.82) is 0 Å². The molecule has 136 valence electrons. The molecular weight excluding hydrogens is 332 g/mol. The first kappa shape index (κ1) is 17.8. The van der Waals surface area contributed by atoms with Gasteiger partial charge in [0.1, 0.15) is 17.8 Å². The van der Waals surface area contributed by atoms with Gasteiger partial charge >= 0.3 is 5.97 Å². The first-order valence-electron chi connectivity index (χ1n) is 8.74. The van der Waals surface area contributed by atoms with Crippen LogP contribution in [-0.2, 0) is 4.74 Å². The molecule has 1 fully saturated rings. The Morgan fingerprint density at radius 1 is 1.08 bits per heavy atom. The van der Waals surface area contributed by atoms with Crippen molar-refractivity contribution in [3.8, 4) is 0 Å². The highest BCUT2D eigenvalue weighted by Crippen LogP contribution is 2.18. The van der Waals surface area contributed by atoms with E-state index in [2.05, 4.69) is 20.2 Å². The third kappa shape index (κ3) is 4.36. The highest BCUT2D eigenvalue weighted by molar-refractivity contribution is 6.03. The number of carbonyl (C=O) groups excluding carboxylic acids is 2. The van der Waals surface area contributed by atoms with Crippen molar-refractivity contribution in [2.75, 3.05) is 30.4 Å². The normalized spacial score (nSPS) is 14.4. The average molecular weight is 354 g/mol. The number of benzene rings is 1. The second-order valence-electron chi connectivity index (χ2n) is 6.19. The number of esters is 1. The molecule has 0 radical (unpaired) electrons. The molecule has 2 heterocycles. The lowest BCUT2D eigenvalue weighted by Crippen LogP contribution is -2.25. The lowest BCUT2D eigenvalue weighted by molar-refractivity contribution is 0.0600. The van der Waals surface area contributed by atoms with Crippen LogP contribution in [0.15, 0.2) is 36.7 Å². The fourth-order valence-electron chi connectivity index (χ4n) is 2.98. The zero-order valence-corrected chi connectivity index (χ0v) is 14.8. The van der Waals surface area contributed by atoms with Gasteiger partial charge in [-0.25, -0.2) is 14.8 Å². The van der Waals surface area contributed by atoms with Crippen molar-refractivity contribution in [1.82, 2.24) is 9.97 Å². The molecule has 7 nitrogen and oxygen atoms in total. The molecule has 1 aromatic heterocycles. The van der Waals surface area contributed by atoms with Gasteiger partial charge in [-0.3, -0.25) is 4.79 Å². The van der Waals surface area contributed by atoms with Gasteiger partial charge in [0.25, 0.3) is 5.91 Å². The maximum Gasteiger partial charge on any atom is 0.337 e. The molecule has 0 atom stereocenters. The number of hydrogen-bond acceptors (Lipinski definition) is 6. The summed E-state index contributed by atoms with van der Waals surface area (Å²) in [6.45, 7) is 1.89. The summed E-state index contributed by atoms with van der Waals surface area (Å²) >= 11 is 0. The molecular formula is C19H22N4O3. The van der Waals surface area contributed by atoms with E-state index >= 15 is 0 Å². The summed E-state index contributed by atoms with van der Waals surface area (Å²) in [4.78, 5) is 34.7. The van der Waals surface area contributed by atoms with Gasteiger partial charge in [-0.05, 0) is 31.0 Å². The summed E-state index contributed by atoms with van der Waals surface area (Å²) in [7, 11) is 1.32. The van der Waals surface area contributed by atoms with Gasteiger partial charge in [0, 0.05) is 24.8 Å². The average Bonchev–Trinajstić information content (AvgIpc) is 2.97. The molecule has 0 aliphatic carbocycles. The van der Waals surface area contributed by atoms with E-state index in [9.17, 15) is 9.59 Å². The van der Waals surface area contributed by atoms with Crippen molar-refractivity contribution in [2.24, 2.45) is 0 Å². The second kappa shape index (κ2) is 8.42. The van der Waals surface area contributed by atoms with Gasteiger partial charge in [-0.15, -0.1) is 0 Å². The highest BCUT2D eigenvalue weighted by atomic mass is 16.5. The predicted octanol–water partition coefficient (Wildman–Crippen LogP) is 2.90. The van der Waals surface area contributed by atoms with Crippen LogP contribution < -0.4 is 10.2 Å². The zero-order valence-electron chi connectivity index (χ0n) is 14.8. The van der Waals surface area contributed by atoms with Gasteiger partial charge in [-0.1, -0.05) is 18.9 Å². The number of nitrogens with one attached hydrogen (secondary N) is 1. The molecule has 0 saturated carbocycles. The Labute approximate surface area is 152 Å². The molecule has 1 aliphatic rings. The number of amides is 1. The van der Waals surface area contributed by atoms with Crippen LogP contribution in [0.4, 0.5) is 11.5 Å². The molecule has 0 bridgehead atoms. The standard InChI is InChI=1S/C19H22N4O3/c1-26-19(25)14-7-6-8-15(11-14)22-18(24)16-12-17(21-13-20-16)23-9-4-2-3-5-10-23/h6-8,11-13H,2-5,9-10H2,1H3,(H,22,24). The number of methoxy groups -OCH3 is 1. The van der Waals surface area contributed by atoms with Crippen LogP contribution >= 0.6 is 0 Å². The summed E-state index contributed by atoms with van der Waals surface area (Å²) in [5, 5.41) is 2.76. The number of rotatable bonds is 4. The molecule has 0 unspecified atom stereocenters. The molecule has 3 rings (SSSR count). The zero-order chi connectivity index (χ0) is 18.4. The van der Waals surface area contributed by atoms with Crippen molar-refractivity contribution < 1.29 is 14.3 Å². The van der Waals surface area contributed by atoms with Gasteiger partial charge < -0.3 is 15.0 Å².